The van der Waals surface area contributed by atoms with E-state index in [1.807, 2.05) is 0 Å². The summed E-state index contributed by atoms with van der Waals surface area (Å²) in [6.07, 6.45) is 0. The smallest absolute Gasteiger partial charge is 0.354 e. The third kappa shape index (κ3) is 1.62. The van der Waals surface area contributed by atoms with Crippen molar-refractivity contribution in [3.8, 4) is 0 Å². The summed E-state index contributed by atoms with van der Waals surface area (Å²) >= 11 is 0. The van der Waals surface area contributed by atoms with Crippen molar-refractivity contribution >= 4 is 33.8 Å². The Balaban J connectivity index is 3.11. The standard InChI is InChI=1S/C8H8N6O6/c1-9-3-4-8(14(19)20-11-4)7(13(17)18)5(10-2)6(3)12(15)16/h9-10H,1-2H3. The molecule has 0 unspecified atom stereocenters. The van der Waals surface area contributed by atoms with Gasteiger partial charge in [0.25, 0.3) is 5.52 Å². The van der Waals surface area contributed by atoms with Gasteiger partial charge in [-0.05, 0) is 4.90 Å². The highest BCUT2D eigenvalue weighted by atomic mass is 16.8. The van der Waals surface area contributed by atoms with Crippen molar-refractivity contribution in [2.45, 2.75) is 0 Å². The molecule has 0 saturated heterocycles. The maximum atomic E-state index is 11.5. The molecule has 12 heteroatoms. The molecule has 1 aromatic heterocycles. The Kier molecular flexibility index (Phi) is 2.98. The van der Waals surface area contributed by atoms with Crippen molar-refractivity contribution in [1.82, 2.24) is 5.16 Å². The number of nitro benzene ring substituents is 2. The van der Waals surface area contributed by atoms with E-state index < -0.39 is 32.4 Å². The number of hydrogen-bond donors (Lipinski definition) is 2. The lowest BCUT2D eigenvalue weighted by Gasteiger charge is -2.06. The molecular formula is C8H8N6O6. The lowest BCUT2D eigenvalue weighted by molar-refractivity contribution is -0.783. The Bertz CT molecular complexity index is 724. The van der Waals surface area contributed by atoms with Crippen molar-refractivity contribution in [1.29, 1.82) is 0 Å². The van der Waals surface area contributed by atoms with Gasteiger partial charge in [-0.15, -0.1) is 0 Å². The van der Waals surface area contributed by atoms with E-state index in [-0.39, 0.29) is 16.1 Å². The largest absolute Gasteiger partial charge is 0.379 e. The average Bonchev–Trinajstić information content (AvgIpc) is 2.77. The number of nitrogens with one attached hydrogen (secondary N) is 2. The minimum atomic E-state index is -0.911. The average molecular weight is 284 g/mol. The fourth-order valence-electron chi connectivity index (χ4n) is 1.91. The highest BCUT2D eigenvalue weighted by molar-refractivity contribution is 6.05. The van der Waals surface area contributed by atoms with Gasteiger partial charge in [0.05, 0.1) is 9.85 Å². The Morgan fingerprint density at radius 2 is 1.65 bits per heavy atom. The maximum absolute atomic E-state index is 11.5. The van der Waals surface area contributed by atoms with Gasteiger partial charge in [-0.25, -0.2) is 0 Å². The van der Waals surface area contributed by atoms with Crippen LogP contribution < -0.4 is 15.5 Å². The second-order valence-electron chi connectivity index (χ2n) is 3.59. The summed E-state index contributed by atoms with van der Waals surface area (Å²) in [5.41, 5.74) is -2.73. The Hall–Kier alpha value is -3.18. The van der Waals surface area contributed by atoms with E-state index in [1.54, 1.807) is 0 Å². The number of rotatable bonds is 4. The zero-order chi connectivity index (χ0) is 15.0. The van der Waals surface area contributed by atoms with Crippen LogP contribution in [-0.4, -0.2) is 29.1 Å². The van der Waals surface area contributed by atoms with Gasteiger partial charge < -0.3 is 15.8 Å². The van der Waals surface area contributed by atoms with E-state index >= 15 is 0 Å². The van der Waals surface area contributed by atoms with Gasteiger partial charge in [-0.1, -0.05) is 0 Å². The molecule has 0 atom stereocenters. The first-order valence-corrected chi connectivity index (χ1v) is 5.17. The Morgan fingerprint density at radius 3 is 2.10 bits per heavy atom. The summed E-state index contributed by atoms with van der Waals surface area (Å²) in [5, 5.41) is 41.9. The van der Waals surface area contributed by atoms with Crippen LogP contribution in [0.4, 0.5) is 22.7 Å². The summed E-state index contributed by atoms with van der Waals surface area (Å²) in [5.74, 6) is 0. The van der Waals surface area contributed by atoms with Gasteiger partial charge in [-0.2, -0.15) is 0 Å². The minimum absolute atomic E-state index is 0.154. The number of anilines is 2. The summed E-state index contributed by atoms with van der Waals surface area (Å²) in [7, 11) is 2.63. The predicted octanol–water partition coefficient (Wildman–Crippen LogP) is 0.361. The van der Waals surface area contributed by atoms with Crippen molar-refractivity contribution in [3.05, 3.63) is 25.4 Å². The molecule has 1 aromatic carbocycles. The number of benzene rings is 1. The summed E-state index contributed by atoms with van der Waals surface area (Å²) in [6.45, 7) is 0. The number of nitrogens with zero attached hydrogens (tertiary/aromatic N) is 4. The van der Waals surface area contributed by atoms with E-state index in [2.05, 4.69) is 20.4 Å². The second-order valence-corrected chi connectivity index (χ2v) is 3.59. The van der Waals surface area contributed by atoms with Crippen LogP contribution in [0, 0.1) is 25.4 Å². The third-order valence-electron chi connectivity index (χ3n) is 2.65. The molecule has 0 spiro atoms. The minimum Gasteiger partial charge on any atom is -0.379 e. The summed E-state index contributed by atoms with van der Waals surface area (Å²) in [6, 6.07) is 0. The van der Waals surface area contributed by atoms with Gasteiger partial charge in [0, 0.05) is 19.3 Å². The molecule has 1 heterocycles. The first-order chi connectivity index (χ1) is 9.43. The maximum Gasteiger partial charge on any atom is 0.354 e. The molecule has 0 amide bonds. The van der Waals surface area contributed by atoms with Crippen LogP contribution >= 0.6 is 0 Å². The molecule has 12 nitrogen and oxygen atoms in total. The zero-order valence-electron chi connectivity index (χ0n) is 10.2. The number of fused-ring (bicyclic) bond motifs is 1. The van der Waals surface area contributed by atoms with E-state index in [1.165, 1.54) is 14.1 Å². The molecule has 0 aliphatic rings. The molecule has 106 valence electrons. The molecule has 2 N–H and O–H groups in total. The van der Waals surface area contributed by atoms with Crippen LogP contribution in [-0.2, 0) is 0 Å². The SMILES string of the molecule is CNc1c([N+](=O)[O-])c(NC)c2no[n+]([O-])c2c1[N+](=O)[O-]. The number of nitro groups is 2. The third-order valence-corrected chi connectivity index (χ3v) is 2.65. The summed E-state index contributed by atoms with van der Waals surface area (Å²) < 4.78 is 4.30. The quantitative estimate of drug-likeness (QED) is 0.458. The van der Waals surface area contributed by atoms with Crippen LogP contribution in [0.2, 0.25) is 0 Å². The normalized spacial score (nSPS) is 10.5. The van der Waals surface area contributed by atoms with Crippen LogP contribution in [0.5, 0.6) is 0 Å². The first-order valence-electron chi connectivity index (χ1n) is 5.17. The predicted molar refractivity (Wildman–Crippen MR) is 65.4 cm³/mol. The Morgan fingerprint density at radius 1 is 1.10 bits per heavy atom. The fraction of sp³-hybridized carbons (Fsp3) is 0.250. The molecule has 0 aliphatic heterocycles. The Labute approximate surface area is 109 Å². The molecule has 2 aromatic rings. The van der Waals surface area contributed by atoms with Crippen molar-refractivity contribution < 1.29 is 19.4 Å². The van der Waals surface area contributed by atoms with E-state index in [0.717, 1.165) is 0 Å². The van der Waals surface area contributed by atoms with E-state index in [0.29, 0.717) is 0 Å². The molecule has 0 aliphatic carbocycles. The van der Waals surface area contributed by atoms with Gasteiger partial charge in [0.1, 0.15) is 0 Å². The lowest BCUT2D eigenvalue weighted by Crippen LogP contribution is -2.24. The highest BCUT2D eigenvalue weighted by Gasteiger charge is 2.39. The van der Waals surface area contributed by atoms with Crippen molar-refractivity contribution in [2.75, 3.05) is 24.7 Å². The van der Waals surface area contributed by atoms with Gasteiger partial charge in [0.2, 0.25) is 0 Å². The van der Waals surface area contributed by atoms with Crippen molar-refractivity contribution in [2.24, 2.45) is 0 Å². The van der Waals surface area contributed by atoms with Crippen molar-refractivity contribution in [3.63, 3.8) is 0 Å². The second kappa shape index (κ2) is 4.49. The summed E-state index contributed by atoms with van der Waals surface area (Å²) in [4.78, 5) is 20.4. The lowest BCUT2D eigenvalue weighted by atomic mass is 10.1. The molecule has 20 heavy (non-hydrogen) atoms. The molecule has 0 saturated carbocycles. The highest BCUT2D eigenvalue weighted by Crippen LogP contribution is 2.45. The molecule has 2 rings (SSSR count). The van der Waals surface area contributed by atoms with Crippen LogP contribution in [0.1, 0.15) is 0 Å². The van der Waals surface area contributed by atoms with E-state index in [4.69, 9.17) is 0 Å². The van der Waals surface area contributed by atoms with Gasteiger partial charge >= 0.3 is 16.9 Å². The first kappa shape index (κ1) is 13.3. The van der Waals surface area contributed by atoms with Crippen LogP contribution in [0.15, 0.2) is 4.63 Å². The molecular weight excluding hydrogens is 276 g/mol. The van der Waals surface area contributed by atoms with Crippen LogP contribution in [0.3, 0.4) is 0 Å². The molecule has 0 bridgehead atoms. The topological polar surface area (TPSA) is 163 Å². The van der Waals surface area contributed by atoms with Gasteiger partial charge in [0.15, 0.2) is 11.4 Å². The van der Waals surface area contributed by atoms with Crippen LogP contribution in [0.25, 0.3) is 11.0 Å². The number of hydrogen-bond acceptors (Lipinski definition) is 9. The monoisotopic (exact) mass is 284 g/mol. The fourth-order valence-corrected chi connectivity index (χ4v) is 1.91. The van der Waals surface area contributed by atoms with Gasteiger partial charge in [-0.3, -0.25) is 24.9 Å². The molecule has 0 radical (unpaired) electrons. The zero-order valence-corrected chi connectivity index (χ0v) is 10.2. The molecule has 0 fully saturated rings. The van der Waals surface area contributed by atoms with E-state index in [9.17, 15) is 25.4 Å². The number of aromatic nitrogens is 2.